The molecule has 1 atom stereocenters. The molecule has 2 aromatic carbocycles. The van der Waals surface area contributed by atoms with Crippen molar-refractivity contribution in [2.45, 2.75) is 25.8 Å². The van der Waals surface area contributed by atoms with Crippen LogP contribution in [0.5, 0.6) is 5.75 Å². The molecule has 4 rings (SSSR count). The molecule has 0 saturated heterocycles. The van der Waals surface area contributed by atoms with E-state index in [1.807, 2.05) is 24.3 Å². The molecule has 31 heavy (non-hydrogen) atoms. The van der Waals surface area contributed by atoms with Gasteiger partial charge in [-0.3, -0.25) is 14.4 Å². The molecule has 158 valence electrons. The van der Waals surface area contributed by atoms with Crippen molar-refractivity contribution in [2.75, 3.05) is 12.4 Å². The lowest BCUT2D eigenvalue weighted by Gasteiger charge is -2.16. The SMILES string of the molecule is COc1cccc(-n2nc(C(=O)NC3CCc4ccccc4NC3=O)c(=O)cc2C)c1. The third kappa shape index (κ3) is 4.18. The molecule has 2 N–H and O–H groups in total. The molecule has 1 unspecified atom stereocenters. The second kappa shape index (κ2) is 8.43. The van der Waals surface area contributed by atoms with Crippen LogP contribution < -0.4 is 20.8 Å². The average Bonchev–Trinajstić information content (AvgIpc) is 2.92. The van der Waals surface area contributed by atoms with Gasteiger partial charge in [0.1, 0.15) is 11.8 Å². The zero-order valence-electron chi connectivity index (χ0n) is 17.2. The summed E-state index contributed by atoms with van der Waals surface area (Å²) in [6.07, 6.45) is 1.04. The van der Waals surface area contributed by atoms with Gasteiger partial charge in [0.2, 0.25) is 11.3 Å². The smallest absolute Gasteiger partial charge is 0.276 e. The van der Waals surface area contributed by atoms with Gasteiger partial charge >= 0.3 is 0 Å². The maximum absolute atomic E-state index is 12.9. The van der Waals surface area contributed by atoms with Crippen molar-refractivity contribution in [3.8, 4) is 11.4 Å². The van der Waals surface area contributed by atoms with E-state index in [1.165, 1.54) is 10.7 Å². The van der Waals surface area contributed by atoms with Gasteiger partial charge in [0.15, 0.2) is 5.69 Å². The van der Waals surface area contributed by atoms with E-state index in [1.54, 1.807) is 38.3 Å². The maximum atomic E-state index is 12.9. The number of para-hydroxylation sites is 1. The van der Waals surface area contributed by atoms with Crippen molar-refractivity contribution in [1.29, 1.82) is 0 Å². The van der Waals surface area contributed by atoms with Crippen LogP contribution in [0.15, 0.2) is 59.4 Å². The third-order valence-electron chi connectivity index (χ3n) is 5.22. The number of hydrogen-bond acceptors (Lipinski definition) is 5. The first-order chi connectivity index (χ1) is 15.0. The fourth-order valence-corrected chi connectivity index (χ4v) is 3.58. The fraction of sp³-hybridized carbons (Fsp3) is 0.217. The van der Waals surface area contributed by atoms with Gasteiger partial charge in [-0.15, -0.1) is 0 Å². The maximum Gasteiger partial charge on any atom is 0.276 e. The summed E-state index contributed by atoms with van der Waals surface area (Å²) in [5.74, 6) is -0.385. The molecule has 0 bridgehead atoms. The van der Waals surface area contributed by atoms with Gasteiger partial charge in [-0.1, -0.05) is 24.3 Å². The van der Waals surface area contributed by atoms with E-state index in [2.05, 4.69) is 15.7 Å². The van der Waals surface area contributed by atoms with Crippen molar-refractivity contribution in [1.82, 2.24) is 15.1 Å². The number of anilines is 1. The number of nitrogens with zero attached hydrogens (tertiary/aromatic N) is 2. The van der Waals surface area contributed by atoms with Crippen LogP contribution in [0.25, 0.3) is 5.69 Å². The molecule has 3 aromatic rings. The van der Waals surface area contributed by atoms with Crippen molar-refractivity contribution in [3.05, 3.63) is 81.8 Å². The number of hydrogen-bond donors (Lipinski definition) is 2. The molecular formula is C23H22N4O4. The van der Waals surface area contributed by atoms with E-state index in [0.29, 0.717) is 30.0 Å². The van der Waals surface area contributed by atoms with Crippen LogP contribution in [-0.2, 0) is 11.2 Å². The normalized spacial score (nSPS) is 15.4. The number of amides is 2. The van der Waals surface area contributed by atoms with Gasteiger partial charge in [0.25, 0.3) is 5.91 Å². The Morgan fingerprint density at radius 3 is 2.77 bits per heavy atom. The summed E-state index contributed by atoms with van der Waals surface area (Å²) in [4.78, 5) is 38.0. The molecule has 0 radical (unpaired) electrons. The highest BCUT2D eigenvalue weighted by atomic mass is 16.5. The quantitative estimate of drug-likeness (QED) is 0.677. The Morgan fingerprint density at radius 2 is 1.97 bits per heavy atom. The highest BCUT2D eigenvalue weighted by molar-refractivity contribution is 6.01. The fourth-order valence-electron chi connectivity index (χ4n) is 3.58. The second-order valence-electron chi connectivity index (χ2n) is 7.32. The summed E-state index contributed by atoms with van der Waals surface area (Å²) in [5, 5.41) is 9.78. The summed E-state index contributed by atoms with van der Waals surface area (Å²) in [6, 6.07) is 15.2. The van der Waals surface area contributed by atoms with Gasteiger partial charge in [-0.2, -0.15) is 5.10 Å². The predicted molar refractivity (Wildman–Crippen MR) is 116 cm³/mol. The van der Waals surface area contributed by atoms with Gasteiger partial charge in [-0.25, -0.2) is 4.68 Å². The highest BCUT2D eigenvalue weighted by Gasteiger charge is 2.27. The number of ether oxygens (including phenoxy) is 1. The molecular weight excluding hydrogens is 396 g/mol. The highest BCUT2D eigenvalue weighted by Crippen LogP contribution is 2.21. The number of carbonyl (C=O) groups excluding carboxylic acids is 2. The third-order valence-corrected chi connectivity index (χ3v) is 5.22. The van der Waals surface area contributed by atoms with Crippen molar-refractivity contribution in [2.24, 2.45) is 0 Å². The lowest BCUT2D eigenvalue weighted by atomic mass is 10.1. The minimum atomic E-state index is -0.771. The summed E-state index contributed by atoms with van der Waals surface area (Å²) < 4.78 is 6.74. The summed E-state index contributed by atoms with van der Waals surface area (Å²) in [5.41, 5.74) is 2.17. The number of nitrogens with one attached hydrogen (secondary N) is 2. The minimum Gasteiger partial charge on any atom is -0.497 e. The zero-order valence-corrected chi connectivity index (χ0v) is 17.2. The molecule has 8 heteroatoms. The van der Waals surface area contributed by atoms with Crippen LogP contribution in [0.3, 0.4) is 0 Å². The lowest BCUT2D eigenvalue weighted by molar-refractivity contribution is -0.118. The Balaban J connectivity index is 1.60. The molecule has 2 amide bonds. The number of methoxy groups -OCH3 is 1. The molecule has 1 aliphatic rings. The van der Waals surface area contributed by atoms with Gasteiger partial charge < -0.3 is 15.4 Å². The molecule has 0 spiro atoms. The average molecular weight is 418 g/mol. The van der Waals surface area contributed by atoms with Crippen molar-refractivity contribution in [3.63, 3.8) is 0 Å². The van der Waals surface area contributed by atoms with E-state index in [-0.39, 0.29) is 11.6 Å². The van der Waals surface area contributed by atoms with E-state index >= 15 is 0 Å². The second-order valence-corrected chi connectivity index (χ2v) is 7.32. The van der Waals surface area contributed by atoms with Crippen LogP contribution in [-0.4, -0.2) is 34.7 Å². The first kappa shape index (κ1) is 20.3. The number of aromatic nitrogens is 2. The largest absolute Gasteiger partial charge is 0.497 e. The minimum absolute atomic E-state index is 0.275. The zero-order chi connectivity index (χ0) is 22.0. The van der Waals surface area contributed by atoms with Crippen LogP contribution in [0.2, 0.25) is 0 Å². The molecule has 0 saturated carbocycles. The Hall–Kier alpha value is -3.94. The Labute approximate surface area is 178 Å². The first-order valence-corrected chi connectivity index (χ1v) is 9.91. The molecule has 1 aliphatic heterocycles. The molecule has 0 fully saturated rings. The van der Waals surface area contributed by atoms with Crippen molar-refractivity contribution < 1.29 is 14.3 Å². The van der Waals surface area contributed by atoms with Crippen LogP contribution in [0.4, 0.5) is 5.69 Å². The number of fused-ring (bicyclic) bond motifs is 1. The first-order valence-electron chi connectivity index (χ1n) is 9.91. The summed E-state index contributed by atoms with van der Waals surface area (Å²) in [6.45, 7) is 1.73. The summed E-state index contributed by atoms with van der Waals surface area (Å²) in [7, 11) is 1.56. The Morgan fingerprint density at radius 1 is 1.16 bits per heavy atom. The van der Waals surface area contributed by atoms with Crippen LogP contribution in [0.1, 0.15) is 28.2 Å². The standard InChI is InChI=1S/C23H22N4O4/c1-14-12-20(28)21(26-27(14)16-7-5-8-17(13-16)31-2)23(30)25-19-11-10-15-6-3-4-9-18(15)24-22(19)29/h3-9,12-13,19H,10-11H2,1-2H3,(H,24,29)(H,25,30). The predicted octanol–water partition coefficient (Wildman–Crippen LogP) is 2.23. The van der Waals surface area contributed by atoms with Crippen LogP contribution >= 0.6 is 0 Å². The Bertz CT molecular complexity index is 1220. The van der Waals surface area contributed by atoms with Gasteiger partial charge in [0.05, 0.1) is 12.8 Å². The number of aryl methyl sites for hydroxylation is 2. The van der Waals surface area contributed by atoms with Crippen molar-refractivity contribution >= 4 is 17.5 Å². The molecule has 1 aromatic heterocycles. The van der Waals surface area contributed by atoms with E-state index in [4.69, 9.17) is 4.74 Å². The van der Waals surface area contributed by atoms with Crippen LogP contribution in [0, 0.1) is 6.92 Å². The van der Waals surface area contributed by atoms with Gasteiger partial charge in [-0.05, 0) is 43.5 Å². The van der Waals surface area contributed by atoms with E-state index in [9.17, 15) is 14.4 Å². The molecule has 2 heterocycles. The number of benzene rings is 2. The Kier molecular flexibility index (Phi) is 5.53. The monoisotopic (exact) mass is 418 g/mol. The molecule has 8 nitrogen and oxygen atoms in total. The van der Waals surface area contributed by atoms with E-state index in [0.717, 1.165) is 11.3 Å². The number of carbonyl (C=O) groups is 2. The summed E-state index contributed by atoms with van der Waals surface area (Å²) >= 11 is 0. The molecule has 0 aliphatic carbocycles. The van der Waals surface area contributed by atoms with E-state index < -0.39 is 17.4 Å². The van der Waals surface area contributed by atoms with Gasteiger partial charge in [0, 0.05) is 23.5 Å². The topological polar surface area (TPSA) is 102 Å². The number of rotatable bonds is 4. The lowest BCUT2D eigenvalue weighted by Crippen LogP contribution is -2.45.